The average molecular weight is 233 g/mol. The quantitative estimate of drug-likeness (QED) is 0.667. The molecular formula is C13H19N3O. The Kier molecular flexibility index (Phi) is 4.12. The fourth-order valence-corrected chi connectivity index (χ4v) is 1.85. The van der Waals surface area contributed by atoms with Crippen molar-refractivity contribution in [2.24, 2.45) is 0 Å². The van der Waals surface area contributed by atoms with Gasteiger partial charge in [-0.25, -0.2) is 4.98 Å². The second-order valence-corrected chi connectivity index (χ2v) is 4.24. The fraction of sp³-hybridized carbons (Fsp3) is 0.462. The molecule has 92 valence electrons. The molecule has 2 rings (SSSR count). The summed E-state index contributed by atoms with van der Waals surface area (Å²) in [6.07, 6.45) is 5.21. The predicted octanol–water partition coefficient (Wildman–Crippen LogP) is 1.81. The molecule has 1 atom stereocenters. The molecule has 0 aromatic carbocycles. The van der Waals surface area contributed by atoms with Gasteiger partial charge in [0.1, 0.15) is 5.65 Å². The van der Waals surface area contributed by atoms with E-state index in [-0.39, 0.29) is 6.10 Å². The number of aromatic nitrogens is 2. The number of hydrogen-bond donors (Lipinski definition) is 3. The lowest BCUT2D eigenvalue weighted by atomic mass is 10.2. The lowest BCUT2D eigenvalue weighted by Crippen LogP contribution is -2.19. The molecule has 0 radical (unpaired) electrons. The highest BCUT2D eigenvalue weighted by Crippen LogP contribution is 2.14. The van der Waals surface area contributed by atoms with E-state index >= 15 is 0 Å². The number of fused-ring (bicyclic) bond motifs is 1. The van der Waals surface area contributed by atoms with Crippen LogP contribution < -0.4 is 5.32 Å². The van der Waals surface area contributed by atoms with Gasteiger partial charge in [-0.15, -0.1) is 0 Å². The zero-order valence-corrected chi connectivity index (χ0v) is 10.1. The summed E-state index contributed by atoms with van der Waals surface area (Å²) in [6.45, 7) is 3.64. The Bertz CT molecular complexity index is 466. The molecule has 0 aliphatic heterocycles. The van der Waals surface area contributed by atoms with Crippen molar-refractivity contribution in [2.45, 2.75) is 32.4 Å². The molecule has 2 heterocycles. The van der Waals surface area contributed by atoms with Gasteiger partial charge < -0.3 is 15.4 Å². The number of aliphatic hydroxyl groups is 1. The van der Waals surface area contributed by atoms with Crippen molar-refractivity contribution >= 4 is 11.0 Å². The summed E-state index contributed by atoms with van der Waals surface area (Å²) < 4.78 is 0. The van der Waals surface area contributed by atoms with E-state index in [0.717, 1.165) is 37.0 Å². The minimum Gasteiger partial charge on any atom is -0.393 e. The van der Waals surface area contributed by atoms with E-state index in [1.165, 1.54) is 5.56 Å². The normalized spacial score (nSPS) is 13.1. The third kappa shape index (κ3) is 3.05. The first kappa shape index (κ1) is 12.1. The van der Waals surface area contributed by atoms with E-state index in [0.29, 0.717) is 0 Å². The maximum absolute atomic E-state index is 9.43. The van der Waals surface area contributed by atoms with Gasteiger partial charge in [-0.1, -0.05) is 6.92 Å². The summed E-state index contributed by atoms with van der Waals surface area (Å²) in [5.74, 6) is 0. The number of hydrogen-bond acceptors (Lipinski definition) is 3. The van der Waals surface area contributed by atoms with Crippen LogP contribution in [-0.2, 0) is 6.54 Å². The molecule has 0 aliphatic carbocycles. The number of nitrogens with one attached hydrogen (secondary N) is 2. The molecule has 17 heavy (non-hydrogen) atoms. The summed E-state index contributed by atoms with van der Waals surface area (Å²) in [5, 5.41) is 13.9. The van der Waals surface area contributed by atoms with E-state index < -0.39 is 0 Å². The monoisotopic (exact) mass is 233 g/mol. The molecule has 0 saturated heterocycles. The van der Waals surface area contributed by atoms with Crippen LogP contribution >= 0.6 is 0 Å². The molecule has 0 spiro atoms. The largest absolute Gasteiger partial charge is 0.393 e. The Morgan fingerprint density at radius 3 is 3.24 bits per heavy atom. The van der Waals surface area contributed by atoms with Crippen LogP contribution in [0.4, 0.5) is 0 Å². The van der Waals surface area contributed by atoms with Gasteiger partial charge >= 0.3 is 0 Å². The van der Waals surface area contributed by atoms with Crippen LogP contribution in [0.3, 0.4) is 0 Å². The van der Waals surface area contributed by atoms with Crippen molar-refractivity contribution in [1.82, 2.24) is 15.3 Å². The zero-order valence-electron chi connectivity index (χ0n) is 10.1. The standard InChI is InChI=1S/C13H19N3O/c1-2-11(17)5-7-14-8-10-9-16-13-12(10)4-3-6-15-13/h3-4,6,9,11,14,17H,2,5,7-8H2,1H3,(H,15,16). The van der Waals surface area contributed by atoms with Crippen molar-refractivity contribution in [1.29, 1.82) is 0 Å². The predicted molar refractivity (Wildman–Crippen MR) is 68.7 cm³/mol. The lowest BCUT2D eigenvalue weighted by molar-refractivity contribution is 0.159. The van der Waals surface area contributed by atoms with E-state index in [4.69, 9.17) is 0 Å². The number of pyridine rings is 1. The Morgan fingerprint density at radius 1 is 1.53 bits per heavy atom. The molecule has 2 aromatic heterocycles. The van der Waals surface area contributed by atoms with E-state index in [1.54, 1.807) is 6.20 Å². The fourth-order valence-electron chi connectivity index (χ4n) is 1.85. The van der Waals surface area contributed by atoms with Crippen LogP contribution in [0.5, 0.6) is 0 Å². The molecule has 0 bridgehead atoms. The van der Waals surface area contributed by atoms with Crippen molar-refractivity contribution < 1.29 is 5.11 Å². The first-order valence-electron chi connectivity index (χ1n) is 6.11. The first-order valence-corrected chi connectivity index (χ1v) is 6.11. The third-order valence-corrected chi connectivity index (χ3v) is 2.98. The Morgan fingerprint density at radius 2 is 2.41 bits per heavy atom. The minimum absolute atomic E-state index is 0.188. The van der Waals surface area contributed by atoms with Gasteiger partial charge in [0.05, 0.1) is 6.10 Å². The summed E-state index contributed by atoms with van der Waals surface area (Å²) in [4.78, 5) is 7.40. The highest BCUT2D eigenvalue weighted by molar-refractivity contribution is 5.79. The van der Waals surface area contributed by atoms with Gasteiger partial charge in [0.25, 0.3) is 0 Å². The molecule has 0 aliphatic rings. The van der Waals surface area contributed by atoms with Crippen LogP contribution in [0.15, 0.2) is 24.5 Å². The second kappa shape index (κ2) is 5.80. The molecule has 4 heteroatoms. The summed E-state index contributed by atoms with van der Waals surface area (Å²) in [7, 11) is 0. The Hall–Kier alpha value is -1.39. The lowest BCUT2D eigenvalue weighted by Gasteiger charge is -2.08. The molecule has 1 unspecified atom stereocenters. The Balaban J connectivity index is 1.87. The minimum atomic E-state index is -0.188. The van der Waals surface area contributed by atoms with Crippen molar-refractivity contribution in [3.63, 3.8) is 0 Å². The molecule has 0 saturated carbocycles. The summed E-state index contributed by atoms with van der Waals surface area (Å²) in [6, 6.07) is 4.01. The van der Waals surface area contributed by atoms with Crippen LogP contribution in [0.1, 0.15) is 25.3 Å². The number of aromatic amines is 1. The Labute approximate surface area is 101 Å². The summed E-state index contributed by atoms with van der Waals surface area (Å²) in [5.41, 5.74) is 2.15. The SMILES string of the molecule is CCC(O)CCNCc1c[nH]c2ncccc12. The second-order valence-electron chi connectivity index (χ2n) is 4.24. The van der Waals surface area contributed by atoms with Crippen molar-refractivity contribution in [3.05, 3.63) is 30.1 Å². The maximum atomic E-state index is 9.43. The van der Waals surface area contributed by atoms with Crippen LogP contribution in [-0.4, -0.2) is 27.7 Å². The molecule has 2 aromatic rings. The van der Waals surface area contributed by atoms with E-state index in [9.17, 15) is 5.11 Å². The molecular weight excluding hydrogens is 214 g/mol. The smallest absolute Gasteiger partial charge is 0.137 e. The van der Waals surface area contributed by atoms with Gasteiger partial charge in [-0.05, 0) is 37.1 Å². The number of rotatable bonds is 6. The average Bonchev–Trinajstić information content (AvgIpc) is 2.78. The number of H-pyrrole nitrogens is 1. The highest BCUT2D eigenvalue weighted by Gasteiger charge is 2.04. The number of aliphatic hydroxyl groups excluding tert-OH is 1. The van der Waals surface area contributed by atoms with E-state index in [1.807, 2.05) is 19.2 Å². The van der Waals surface area contributed by atoms with Gasteiger partial charge in [-0.3, -0.25) is 0 Å². The zero-order chi connectivity index (χ0) is 12.1. The van der Waals surface area contributed by atoms with Gasteiger partial charge in [-0.2, -0.15) is 0 Å². The molecule has 3 N–H and O–H groups in total. The van der Waals surface area contributed by atoms with Crippen molar-refractivity contribution in [2.75, 3.05) is 6.54 Å². The van der Waals surface area contributed by atoms with Crippen molar-refractivity contribution in [3.8, 4) is 0 Å². The van der Waals surface area contributed by atoms with Crippen LogP contribution in [0.25, 0.3) is 11.0 Å². The molecule has 0 fully saturated rings. The molecule has 4 nitrogen and oxygen atoms in total. The van der Waals surface area contributed by atoms with Gasteiger partial charge in [0, 0.05) is 24.3 Å². The highest BCUT2D eigenvalue weighted by atomic mass is 16.3. The molecule has 0 amide bonds. The maximum Gasteiger partial charge on any atom is 0.137 e. The topological polar surface area (TPSA) is 60.9 Å². The summed E-state index contributed by atoms with van der Waals surface area (Å²) >= 11 is 0. The number of nitrogens with zero attached hydrogens (tertiary/aromatic N) is 1. The van der Waals surface area contributed by atoms with Gasteiger partial charge in [0.2, 0.25) is 0 Å². The van der Waals surface area contributed by atoms with Crippen LogP contribution in [0, 0.1) is 0 Å². The van der Waals surface area contributed by atoms with E-state index in [2.05, 4.69) is 21.4 Å². The third-order valence-electron chi connectivity index (χ3n) is 2.98. The van der Waals surface area contributed by atoms with Crippen LogP contribution in [0.2, 0.25) is 0 Å². The van der Waals surface area contributed by atoms with Gasteiger partial charge in [0.15, 0.2) is 0 Å². The first-order chi connectivity index (χ1) is 8.31.